The van der Waals surface area contributed by atoms with Crippen molar-refractivity contribution in [3.63, 3.8) is 0 Å². The second-order valence-electron chi connectivity index (χ2n) is 4.78. The summed E-state index contributed by atoms with van der Waals surface area (Å²) in [6.07, 6.45) is 2.24. The minimum atomic E-state index is 1.12. The Morgan fingerprint density at radius 3 is 2.00 bits per heavy atom. The molecule has 0 aliphatic heterocycles. The lowest BCUT2D eigenvalue weighted by molar-refractivity contribution is 0.949. The lowest BCUT2D eigenvalue weighted by Crippen LogP contribution is -1.97. The standard InChI is InChI=1S/C16H15I3/c1-10-3-5-13(16(19)7-10)6-4-12-8-14(17)11(2)15(18)9-12/h3,5,7-9H,4,6H2,1-2H3. The van der Waals surface area contributed by atoms with Crippen molar-refractivity contribution in [2.24, 2.45) is 0 Å². The van der Waals surface area contributed by atoms with E-state index in [1.54, 1.807) is 0 Å². The summed E-state index contributed by atoms with van der Waals surface area (Å²) in [7, 11) is 0. The molecule has 2 aromatic rings. The van der Waals surface area contributed by atoms with E-state index >= 15 is 0 Å². The second kappa shape index (κ2) is 7.06. The number of hydrogen-bond acceptors (Lipinski definition) is 0. The van der Waals surface area contributed by atoms with Gasteiger partial charge in [-0.1, -0.05) is 17.7 Å². The zero-order valence-electron chi connectivity index (χ0n) is 10.9. The Bertz CT molecular complexity index is 580. The molecule has 0 atom stereocenters. The summed E-state index contributed by atoms with van der Waals surface area (Å²) in [6, 6.07) is 11.4. The van der Waals surface area contributed by atoms with Crippen LogP contribution in [0.5, 0.6) is 0 Å². The van der Waals surface area contributed by atoms with E-state index in [0.29, 0.717) is 0 Å². The minimum Gasteiger partial charge on any atom is -0.0590 e. The quantitative estimate of drug-likeness (QED) is 0.392. The van der Waals surface area contributed by atoms with Crippen molar-refractivity contribution in [2.45, 2.75) is 26.7 Å². The van der Waals surface area contributed by atoms with Crippen LogP contribution in [0.15, 0.2) is 30.3 Å². The maximum absolute atomic E-state index is 2.44. The maximum atomic E-state index is 2.44. The molecule has 2 aromatic carbocycles. The molecule has 0 bridgehead atoms. The Balaban J connectivity index is 2.14. The van der Waals surface area contributed by atoms with Crippen LogP contribution < -0.4 is 0 Å². The number of benzene rings is 2. The zero-order valence-corrected chi connectivity index (χ0v) is 17.4. The van der Waals surface area contributed by atoms with Crippen LogP contribution in [-0.4, -0.2) is 0 Å². The van der Waals surface area contributed by atoms with E-state index in [1.165, 1.54) is 33.0 Å². The molecule has 0 N–H and O–H groups in total. The van der Waals surface area contributed by atoms with Gasteiger partial charge in [0.2, 0.25) is 0 Å². The molecule has 0 aliphatic rings. The van der Waals surface area contributed by atoms with Gasteiger partial charge in [-0.15, -0.1) is 0 Å². The highest BCUT2D eigenvalue weighted by molar-refractivity contribution is 14.1. The van der Waals surface area contributed by atoms with Crippen LogP contribution in [0, 0.1) is 24.6 Å². The first kappa shape index (κ1) is 16.0. The molecule has 0 nitrogen and oxygen atoms in total. The van der Waals surface area contributed by atoms with E-state index in [2.05, 4.69) is 112 Å². The van der Waals surface area contributed by atoms with Crippen molar-refractivity contribution in [1.29, 1.82) is 0 Å². The van der Waals surface area contributed by atoms with Gasteiger partial charge in [0.05, 0.1) is 0 Å². The number of aryl methyl sites for hydroxylation is 3. The minimum absolute atomic E-state index is 1.12. The third kappa shape index (κ3) is 4.30. The largest absolute Gasteiger partial charge is 0.0590 e. The first-order valence-corrected chi connectivity index (χ1v) is 9.40. The monoisotopic (exact) mass is 588 g/mol. The molecular formula is C16H15I3. The molecule has 2 rings (SSSR count). The van der Waals surface area contributed by atoms with Gasteiger partial charge in [0.1, 0.15) is 0 Å². The highest BCUT2D eigenvalue weighted by Crippen LogP contribution is 2.22. The van der Waals surface area contributed by atoms with Gasteiger partial charge in [0.15, 0.2) is 0 Å². The maximum Gasteiger partial charge on any atom is 0.0172 e. The number of halogens is 3. The topological polar surface area (TPSA) is 0 Å². The van der Waals surface area contributed by atoms with Gasteiger partial charge in [-0.25, -0.2) is 0 Å². The zero-order chi connectivity index (χ0) is 14.0. The van der Waals surface area contributed by atoms with E-state index in [0.717, 1.165) is 12.8 Å². The molecule has 0 saturated heterocycles. The average molecular weight is 588 g/mol. The third-order valence-corrected chi connectivity index (χ3v) is 6.48. The Kier molecular flexibility index (Phi) is 5.95. The van der Waals surface area contributed by atoms with Crippen LogP contribution in [0.1, 0.15) is 22.3 Å². The molecule has 0 aromatic heterocycles. The van der Waals surface area contributed by atoms with Gasteiger partial charge in [-0.05, 0) is 129 Å². The molecule has 0 unspecified atom stereocenters. The predicted molar refractivity (Wildman–Crippen MR) is 108 cm³/mol. The van der Waals surface area contributed by atoms with Crippen molar-refractivity contribution in [3.05, 3.63) is 63.3 Å². The van der Waals surface area contributed by atoms with E-state index in [1.807, 2.05) is 0 Å². The Labute approximate surface area is 156 Å². The SMILES string of the molecule is Cc1ccc(CCc2cc(I)c(C)c(I)c2)c(I)c1. The van der Waals surface area contributed by atoms with Gasteiger partial charge >= 0.3 is 0 Å². The van der Waals surface area contributed by atoms with Crippen molar-refractivity contribution in [1.82, 2.24) is 0 Å². The van der Waals surface area contributed by atoms with Crippen molar-refractivity contribution >= 4 is 67.8 Å². The van der Waals surface area contributed by atoms with Crippen molar-refractivity contribution < 1.29 is 0 Å². The summed E-state index contributed by atoms with van der Waals surface area (Å²) in [4.78, 5) is 0. The molecular weight excluding hydrogens is 573 g/mol. The third-order valence-electron chi connectivity index (χ3n) is 3.23. The molecule has 0 radical (unpaired) electrons. The van der Waals surface area contributed by atoms with E-state index in [4.69, 9.17) is 0 Å². The molecule has 0 heterocycles. The van der Waals surface area contributed by atoms with Crippen LogP contribution in [-0.2, 0) is 12.8 Å². The molecule has 0 spiro atoms. The van der Waals surface area contributed by atoms with Crippen molar-refractivity contribution in [2.75, 3.05) is 0 Å². The highest BCUT2D eigenvalue weighted by Gasteiger charge is 2.05. The predicted octanol–water partition coefficient (Wildman–Crippen LogP) is 5.90. The van der Waals surface area contributed by atoms with Crippen LogP contribution >= 0.6 is 67.8 Å². The van der Waals surface area contributed by atoms with Crippen LogP contribution in [0.25, 0.3) is 0 Å². The fourth-order valence-electron chi connectivity index (χ4n) is 1.98. The van der Waals surface area contributed by atoms with Crippen LogP contribution in [0.4, 0.5) is 0 Å². The van der Waals surface area contributed by atoms with E-state index in [9.17, 15) is 0 Å². The molecule has 0 saturated carbocycles. The van der Waals surface area contributed by atoms with Gasteiger partial charge in [0.25, 0.3) is 0 Å². The summed E-state index contributed by atoms with van der Waals surface area (Å²) in [6.45, 7) is 4.34. The lowest BCUT2D eigenvalue weighted by Gasteiger charge is -2.09. The molecule has 100 valence electrons. The average Bonchev–Trinajstić information content (AvgIpc) is 2.34. The molecule has 0 fully saturated rings. The fraction of sp³-hybridized carbons (Fsp3) is 0.250. The molecule has 0 aliphatic carbocycles. The number of rotatable bonds is 3. The Morgan fingerprint density at radius 2 is 1.42 bits per heavy atom. The van der Waals surface area contributed by atoms with Crippen LogP contribution in [0.2, 0.25) is 0 Å². The Morgan fingerprint density at radius 1 is 0.789 bits per heavy atom. The molecule has 19 heavy (non-hydrogen) atoms. The van der Waals surface area contributed by atoms with Gasteiger partial charge in [-0.3, -0.25) is 0 Å². The van der Waals surface area contributed by atoms with Gasteiger partial charge < -0.3 is 0 Å². The fourth-order valence-corrected chi connectivity index (χ4v) is 4.81. The summed E-state index contributed by atoms with van der Waals surface area (Å²) >= 11 is 7.31. The Hall–Kier alpha value is 0.630. The lowest BCUT2D eigenvalue weighted by atomic mass is 10.0. The first-order valence-electron chi connectivity index (χ1n) is 6.17. The van der Waals surface area contributed by atoms with E-state index in [-0.39, 0.29) is 0 Å². The smallest absolute Gasteiger partial charge is 0.0172 e. The summed E-state index contributed by atoms with van der Waals surface area (Å²) < 4.78 is 4.13. The summed E-state index contributed by atoms with van der Waals surface area (Å²) in [5.41, 5.74) is 5.63. The highest BCUT2D eigenvalue weighted by atomic mass is 127. The van der Waals surface area contributed by atoms with Crippen LogP contribution in [0.3, 0.4) is 0 Å². The molecule has 3 heteroatoms. The van der Waals surface area contributed by atoms with Crippen molar-refractivity contribution in [3.8, 4) is 0 Å². The second-order valence-corrected chi connectivity index (χ2v) is 8.27. The van der Waals surface area contributed by atoms with Gasteiger partial charge in [0, 0.05) is 10.7 Å². The number of hydrogen-bond donors (Lipinski definition) is 0. The summed E-state index contributed by atoms with van der Waals surface area (Å²) in [5.74, 6) is 0. The normalized spacial score (nSPS) is 10.8. The van der Waals surface area contributed by atoms with E-state index < -0.39 is 0 Å². The molecule has 0 amide bonds. The summed E-state index contributed by atoms with van der Waals surface area (Å²) in [5, 5.41) is 0. The van der Waals surface area contributed by atoms with Gasteiger partial charge in [-0.2, -0.15) is 0 Å². The first-order chi connectivity index (χ1) is 8.97.